The number of hydrogen-bond donors (Lipinski definition) is 2. The van der Waals surface area contributed by atoms with Crippen LogP contribution in [0.4, 0.5) is 11.4 Å². The van der Waals surface area contributed by atoms with Gasteiger partial charge in [0.1, 0.15) is 4.90 Å². The molecule has 0 heterocycles. The molecule has 3 N–H and O–H groups in total. The lowest BCUT2D eigenvalue weighted by molar-refractivity contribution is 0.582. The number of nitrogens with two attached hydrogens (primary N) is 1. The number of para-hydroxylation sites is 2. The Morgan fingerprint density at radius 3 is 2.33 bits per heavy atom. The third-order valence-electron chi connectivity index (χ3n) is 3.14. The minimum absolute atomic E-state index is 0.118. The number of sulfonamides is 1. The lowest BCUT2D eigenvalue weighted by atomic mass is 10.3. The molecule has 2 aromatic carbocycles. The highest BCUT2D eigenvalue weighted by Crippen LogP contribution is 2.16. The van der Waals surface area contributed by atoms with Crippen molar-refractivity contribution >= 4 is 21.4 Å². The van der Waals surface area contributed by atoms with Crippen LogP contribution in [-0.4, -0.2) is 28.6 Å². The van der Waals surface area contributed by atoms with Crippen molar-refractivity contribution < 1.29 is 8.42 Å². The SMILES string of the molecule is CN(CCNS(=O)(=O)c1ccccc1N)c1ccccc1. The summed E-state index contributed by atoms with van der Waals surface area (Å²) in [6.07, 6.45) is 0. The normalized spacial score (nSPS) is 11.3. The highest BCUT2D eigenvalue weighted by molar-refractivity contribution is 7.89. The molecule has 2 aromatic rings. The molecule has 0 atom stereocenters. The molecule has 0 fully saturated rings. The van der Waals surface area contributed by atoms with Crippen LogP contribution in [0.5, 0.6) is 0 Å². The van der Waals surface area contributed by atoms with E-state index in [1.807, 2.05) is 42.3 Å². The van der Waals surface area contributed by atoms with Crippen molar-refractivity contribution in [1.29, 1.82) is 0 Å². The molecule has 0 aliphatic rings. The van der Waals surface area contributed by atoms with E-state index in [2.05, 4.69) is 4.72 Å². The van der Waals surface area contributed by atoms with E-state index in [0.717, 1.165) is 5.69 Å². The number of nitrogens with zero attached hydrogens (tertiary/aromatic N) is 1. The molecule has 112 valence electrons. The molecule has 0 aliphatic heterocycles. The molecular formula is C15H19N3O2S. The van der Waals surface area contributed by atoms with Crippen LogP contribution in [0.15, 0.2) is 59.5 Å². The molecule has 21 heavy (non-hydrogen) atoms. The minimum Gasteiger partial charge on any atom is -0.398 e. The van der Waals surface area contributed by atoms with E-state index in [-0.39, 0.29) is 10.6 Å². The van der Waals surface area contributed by atoms with Crippen molar-refractivity contribution in [3.8, 4) is 0 Å². The summed E-state index contributed by atoms with van der Waals surface area (Å²) in [5, 5.41) is 0. The van der Waals surface area contributed by atoms with E-state index in [4.69, 9.17) is 5.73 Å². The van der Waals surface area contributed by atoms with E-state index >= 15 is 0 Å². The summed E-state index contributed by atoms with van der Waals surface area (Å²) in [5.74, 6) is 0. The second-order valence-corrected chi connectivity index (χ2v) is 6.43. The molecule has 0 saturated heterocycles. The lowest BCUT2D eigenvalue weighted by Crippen LogP contribution is -2.33. The molecule has 6 heteroatoms. The van der Waals surface area contributed by atoms with Crippen LogP contribution in [0.3, 0.4) is 0 Å². The monoisotopic (exact) mass is 305 g/mol. The number of benzene rings is 2. The van der Waals surface area contributed by atoms with Crippen molar-refractivity contribution in [1.82, 2.24) is 4.72 Å². The molecule has 2 rings (SSSR count). The van der Waals surface area contributed by atoms with Crippen molar-refractivity contribution in [2.45, 2.75) is 4.90 Å². The van der Waals surface area contributed by atoms with Crippen molar-refractivity contribution in [2.24, 2.45) is 0 Å². The zero-order valence-corrected chi connectivity index (χ0v) is 12.7. The van der Waals surface area contributed by atoms with Gasteiger partial charge in [-0.05, 0) is 24.3 Å². The Hall–Kier alpha value is -2.05. The van der Waals surface area contributed by atoms with E-state index in [1.165, 1.54) is 6.07 Å². The summed E-state index contributed by atoms with van der Waals surface area (Å²) in [6.45, 7) is 0.873. The Morgan fingerprint density at radius 2 is 1.67 bits per heavy atom. The lowest BCUT2D eigenvalue weighted by Gasteiger charge is -2.19. The first-order valence-corrected chi connectivity index (χ1v) is 8.09. The van der Waals surface area contributed by atoms with Gasteiger partial charge in [0.15, 0.2) is 0 Å². The van der Waals surface area contributed by atoms with Gasteiger partial charge in [0.25, 0.3) is 0 Å². The largest absolute Gasteiger partial charge is 0.398 e. The molecule has 0 amide bonds. The summed E-state index contributed by atoms with van der Waals surface area (Å²) in [6, 6.07) is 16.2. The van der Waals surface area contributed by atoms with Crippen LogP contribution in [-0.2, 0) is 10.0 Å². The maximum atomic E-state index is 12.2. The second kappa shape index (κ2) is 6.60. The summed E-state index contributed by atoms with van der Waals surface area (Å²) in [7, 11) is -1.65. The fraction of sp³-hybridized carbons (Fsp3) is 0.200. The highest BCUT2D eigenvalue weighted by Gasteiger charge is 2.16. The summed E-state index contributed by atoms with van der Waals surface area (Å²) in [5.41, 5.74) is 6.99. The van der Waals surface area contributed by atoms with Gasteiger partial charge in [-0.25, -0.2) is 13.1 Å². The van der Waals surface area contributed by atoms with Crippen molar-refractivity contribution in [3.63, 3.8) is 0 Å². The van der Waals surface area contributed by atoms with E-state index in [0.29, 0.717) is 13.1 Å². The van der Waals surface area contributed by atoms with Gasteiger partial charge in [0, 0.05) is 25.8 Å². The molecule has 0 radical (unpaired) electrons. The standard InChI is InChI=1S/C15H19N3O2S/c1-18(13-7-3-2-4-8-13)12-11-17-21(19,20)15-10-6-5-9-14(15)16/h2-10,17H,11-12,16H2,1H3. The maximum Gasteiger partial charge on any atom is 0.242 e. The Kier molecular flexibility index (Phi) is 4.82. The van der Waals surface area contributed by atoms with Crippen LogP contribution in [0.25, 0.3) is 0 Å². The molecule has 0 aromatic heterocycles. The van der Waals surface area contributed by atoms with Gasteiger partial charge >= 0.3 is 0 Å². The van der Waals surface area contributed by atoms with E-state index in [9.17, 15) is 8.42 Å². The van der Waals surface area contributed by atoms with Crippen molar-refractivity contribution in [2.75, 3.05) is 30.8 Å². The Bertz CT molecular complexity index is 687. The fourth-order valence-corrected chi connectivity index (χ4v) is 3.11. The third kappa shape index (κ3) is 3.96. The van der Waals surface area contributed by atoms with E-state index < -0.39 is 10.0 Å². The molecule has 5 nitrogen and oxygen atoms in total. The second-order valence-electron chi connectivity index (χ2n) is 4.69. The van der Waals surface area contributed by atoms with Gasteiger partial charge in [-0.3, -0.25) is 0 Å². The third-order valence-corrected chi connectivity index (χ3v) is 4.68. The number of likely N-dealkylation sites (N-methyl/N-ethyl adjacent to an activating group) is 1. The van der Waals surface area contributed by atoms with Crippen LogP contribution >= 0.6 is 0 Å². The summed E-state index contributed by atoms with van der Waals surface area (Å²) >= 11 is 0. The van der Waals surface area contributed by atoms with Gasteiger partial charge in [0.05, 0.1) is 5.69 Å². The summed E-state index contributed by atoms with van der Waals surface area (Å²) in [4.78, 5) is 2.10. The average molecular weight is 305 g/mol. The van der Waals surface area contributed by atoms with Gasteiger partial charge in [0.2, 0.25) is 10.0 Å². The topological polar surface area (TPSA) is 75.4 Å². The van der Waals surface area contributed by atoms with E-state index in [1.54, 1.807) is 18.2 Å². The molecule has 0 unspecified atom stereocenters. The van der Waals surface area contributed by atoms with Gasteiger partial charge in [-0.15, -0.1) is 0 Å². The van der Waals surface area contributed by atoms with Gasteiger partial charge in [-0.2, -0.15) is 0 Å². The predicted molar refractivity (Wildman–Crippen MR) is 85.8 cm³/mol. The Labute approximate surface area is 125 Å². The first-order chi connectivity index (χ1) is 10.0. The number of nitrogens with one attached hydrogen (secondary N) is 1. The smallest absolute Gasteiger partial charge is 0.242 e. The number of rotatable bonds is 6. The quantitative estimate of drug-likeness (QED) is 0.796. The Morgan fingerprint density at radius 1 is 1.05 bits per heavy atom. The van der Waals surface area contributed by atoms with Crippen LogP contribution in [0, 0.1) is 0 Å². The Balaban J connectivity index is 1.96. The molecule has 0 spiro atoms. The van der Waals surface area contributed by atoms with Crippen LogP contribution in [0.2, 0.25) is 0 Å². The van der Waals surface area contributed by atoms with Crippen LogP contribution < -0.4 is 15.4 Å². The predicted octanol–water partition coefficient (Wildman–Crippen LogP) is 1.68. The minimum atomic E-state index is -3.57. The highest BCUT2D eigenvalue weighted by atomic mass is 32.2. The maximum absolute atomic E-state index is 12.2. The molecular weight excluding hydrogens is 286 g/mol. The van der Waals surface area contributed by atoms with Gasteiger partial charge in [-0.1, -0.05) is 30.3 Å². The average Bonchev–Trinajstić information content (AvgIpc) is 2.48. The first-order valence-electron chi connectivity index (χ1n) is 6.61. The molecule has 0 aliphatic carbocycles. The number of hydrogen-bond acceptors (Lipinski definition) is 4. The van der Waals surface area contributed by atoms with Crippen LogP contribution in [0.1, 0.15) is 0 Å². The molecule has 0 bridgehead atoms. The number of nitrogen functional groups attached to an aromatic ring is 1. The number of anilines is 2. The first kappa shape index (κ1) is 15.3. The summed E-state index contributed by atoms with van der Waals surface area (Å²) < 4.78 is 26.9. The fourth-order valence-electron chi connectivity index (χ4n) is 1.96. The van der Waals surface area contributed by atoms with Gasteiger partial charge < -0.3 is 10.6 Å². The van der Waals surface area contributed by atoms with Crippen molar-refractivity contribution in [3.05, 3.63) is 54.6 Å². The molecule has 0 saturated carbocycles. The zero-order valence-electron chi connectivity index (χ0n) is 11.9. The zero-order chi connectivity index (χ0) is 15.3.